The molecule has 0 radical (unpaired) electrons. The molecule has 1 nitrogen and oxygen atoms in total. The van der Waals surface area contributed by atoms with Gasteiger partial charge < -0.3 is 4.74 Å². The number of rotatable bonds is 0. The highest BCUT2D eigenvalue weighted by Crippen LogP contribution is 2.37. The van der Waals surface area contributed by atoms with Gasteiger partial charge in [-0.15, -0.1) is 12.6 Å². The molecule has 1 rings (SSSR count). The largest absolute Gasteiger partial charge is 0.363 e. The lowest BCUT2D eigenvalue weighted by atomic mass is 9.98. The van der Waals surface area contributed by atoms with Crippen molar-refractivity contribution in [2.45, 2.75) is 19.0 Å². The smallest absolute Gasteiger partial charge is 0.116 e. The van der Waals surface area contributed by atoms with Gasteiger partial charge in [0.15, 0.2) is 0 Å². The first-order valence-electron chi connectivity index (χ1n) is 3.13. The molecule has 1 fully saturated rings. The molecule has 0 aromatic rings. The van der Waals surface area contributed by atoms with Crippen molar-refractivity contribution in [3.63, 3.8) is 0 Å². The van der Waals surface area contributed by atoms with E-state index in [0.717, 1.165) is 15.2 Å². The Morgan fingerprint density at radius 3 is 2.67 bits per heavy atom. The summed E-state index contributed by atoms with van der Waals surface area (Å²) in [5.74, 6) is 0. The van der Waals surface area contributed by atoms with E-state index in [-0.39, 0.29) is 5.18 Å². The average Bonchev–Trinajstić information content (AvgIpc) is 1.78. The maximum absolute atomic E-state index is 5.37. The van der Waals surface area contributed by atoms with Gasteiger partial charge in [-0.05, 0) is 11.6 Å². The minimum Gasteiger partial charge on any atom is -0.363 e. The first-order valence-corrected chi connectivity index (χ1v) is 4.93. The molecule has 0 bridgehead atoms. The Morgan fingerprint density at radius 2 is 2.33 bits per heavy atom. The number of hydrogen-bond donors (Lipinski definition) is 1. The first-order chi connectivity index (χ1) is 4.10. The summed E-state index contributed by atoms with van der Waals surface area (Å²) < 4.78 is 5.37. The fourth-order valence-electron chi connectivity index (χ4n) is 0.778. The molecule has 0 aliphatic carbocycles. The van der Waals surface area contributed by atoms with Crippen molar-refractivity contribution < 1.29 is 4.74 Å². The molecule has 3 heteroatoms. The Kier molecular flexibility index (Phi) is 2.42. The van der Waals surface area contributed by atoms with Gasteiger partial charge in [-0.1, -0.05) is 22.4 Å². The fraction of sp³-hybridized carbons (Fsp3) is 1.00. The molecule has 0 spiro atoms. The van der Waals surface area contributed by atoms with E-state index in [1.165, 1.54) is 6.16 Å². The third-order valence-electron chi connectivity index (χ3n) is 1.39. The molecule has 1 aliphatic rings. The van der Waals surface area contributed by atoms with Crippen LogP contribution < -0.4 is 0 Å². The lowest BCUT2D eigenvalue weighted by molar-refractivity contribution is 0.0796. The second-order valence-corrected chi connectivity index (χ2v) is 5.45. The van der Waals surface area contributed by atoms with Crippen LogP contribution in [0, 0.1) is 5.41 Å². The van der Waals surface area contributed by atoms with Crippen LogP contribution in [0.4, 0.5) is 0 Å². The second-order valence-electron chi connectivity index (χ2n) is 3.21. The van der Waals surface area contributed by atoms with Crippen LogP contribution in [0.25, 0.3) is 0 Å². The van der Waals surface area contributed by atoms with Crippen LogP contribution >= 0.6 is 21.2 Å². The van der Waals surface area contributed by atoms with E-state index in [1.807, 2.05) is 0 Å². The van der Waals surface area contributed by atoms with Gasteiger partial charge in [0.25, 0.3) is 0 Å². The molecule has 0 aromatic heterocycles. The Morgan fingerprint density at radius 1 is 1.67 bits per heavy atom. The zero-order chi connectivity index (χ0) is 6.91. The summed E-state index contributed by atoms with van der Waals surface area (Å²) >= 11 is 4.23. The predicted molar refractivity (Wildman–Crippen MR) is 45.7 cm³/mol. The third-order valence-corrected chi connectivity index (χ3v) is 3.76. The topological polar surface area (TPSA) is 9.23 Å². The third kappa shape index (κ3) is 2.45. The molecule has 2 unspecified atom stereocenters. The molecule has 0 amide bonds. The quantitative estimate of drug-likeness (QED) is 0.425. The highest BCUT2D eigenvalue weighted by molar-refractivity contribution is 7.87. The van der Waals surface area contributed by atoms with Gasteiger partial charge in [0, 0.05) is 0 Å². The summed E-state index contributed by atoms with van der Waals surface area (Å²) in [5, 5.41) is 0.220. The van der Waals surface area contributed by atoms with Crippen LogP contribution in [0.1, 0.15) is 13.8 Å². The Bertz CT molecular complexity index is 95.2. The number of hydrogen-bond acceptors (Lipinski definition) is 2. The average molecular weight is 164 g/mol. The van der Waals surface area contributed by atoms with Gasteiger partial charge in [-0.25, -0.2) is 0 Å². The lowest BCUT2D eigenvalue weighted by Crippen LogP contribution is -2.28. The summed E-state index contributed by atoms with van der Waals surface area (Å²) in [6.07, 6.45) is 1.27. The molecular weight excluding hydrogens is 151 g/mol. The maximum Gasteiger partial charge on any atom is 0.116 e. The van der Waals surface area contributed by atoms with Gasteiger partial charge >= 0.3 is 0 Å². The summed E-state index contributed by atoms with van der Waals surface area (Å²) in [4.78, 5) is 0. The molecule has 54 valence electrons. The standard InChI is InChI=1S/C6H13OPS/c1-6(2)3-7-5(9)8-4-6/h5,8-9H,3-4H2,1-2H3. The van der Waals surface area contributed by atoms with Crippen LogP contribution in [0.3, 0.4) is 0 Å². The van der Waals surface area contributed by atoms with Crippen LogP contribution in [0.15, 0.2) is 0 Å². The van der Waals surface area contributed by atoms with E-state index in [9.17, 15) is 0 Å². The molecular formula is C6H13OPS. The van der Waals surface area contributed by atoms with Crippen molar-refractivity contribution in [2.24, 2.45) is 5.41 Å². The predicted octanol–water partition coefficient (Wildman–Crippen LogP) is 1.93. The SMILES string of the molecule is CC1(C)COC(S)PC1. The van der Waals surface area contributed by atoms with Gasteiger partial charge in [-0.3, -0.25) is 0 Å². The molecule has 1 aliphatic heterocycles. The molecule has 1 saturated heterocycles. The van der Waals surface area contributed by atoms with E-state index in [0.29, 0.717) is 5.41 Å². The monoisotopic (exact) mass is 164 g/mol. The van der Waals surface area contributed by atoms with Gasteiger partial charge in [0.2, 0.25) is 0 Å². The Hall–Kier alpha value is 0.740. The van der Waals surface area contributed by atoms with Crippen molar-refractivity contribution in [2.75, 3.05) is 12.8 Å². The van der Waals surface area contributed by atoms with Gasteiger partial charge in [-0.2, -0.15) is 0 Å². The molecule has 0 saturated carbocycles. The van der Waals surface area contributed by atoms with Crippen molar-refractivity contribution in [3.05, 3.63) is 0 Å². The van der Waals surface area contributed by atoms with E-state index in [1.54, 1.807) is 0 Å². The highest BCUT2D eigenvalue weighted by Gasteiger charge is 2.25. The summed E-state index contributed by atoms with van der Waals surface area (Å²) in [5.41, 5.74) is 0.400. The summed E-state index contributed by atoms with van der Waals surface area (Å²) in [7, 11) is 0.869. The van der Waals surface area contributed by atoms with Crippen LogP contribution in [0.5, 0.6) is 0 Å². The van der Waals surface area contributed by atoms with Gasteiger partial charge in [0.1, 0.15) is 5.18 Å². The Balaban J connectivity index is 2.35. The normalized spacial score (nSPS) is 37.0. The van der Waals surface area contributed by atoms with E-state index in [4.69, 9.17) is 4.74 Å². The van der Waals surface area contributed by atoms with E-state index >= 15 is 0 Å². The zero-order valence-corrected chi connectivity index (χ0v) is 7.74. The molecule has 0 aromatic carbocycles. The van der Waals surface area contributed by atoms with Crippen molar-refractivity contribution >= 4 is 21.2 Å². The van der Waals surface area contributed by atoms with E-state index in [2.05, 4.69) is 26.5 Å². The van der Waals surface area contributed by atoms with Crippen LogP contribution in [-0.2, 0) is 4.74 Å². The Labute approximate surface area is 63.7 Å². The summed E-state index contributed by atoms with van der Waals surface area (Å²) in [6.45, 7) is 5.34. The highest BCUT2D eigenvalue weighted by atomic mass is 32.1. The molecule has 0 N–H and O–H groups in total. The van der Waals surface area contributed by atoms with Crippen molar-refractivity contribution in [1.29, 1.82) is 0 Å². The number of ether oxygens (including phenoxy) is 1. The maximum atomic E-state index is 5.37. The second kappa shape index (κ2) is 2.77. The fourth-order valence-corrected chi connectivity index (χ4v) is 2.16. The van der Waals surface area contributed by atoms with Crippen LogP contribution in [-0.4, -0.2) is 17.9 Å². The van der Waals surface area contributed by atoms with Gasteiger partial charge in [0.05, 0.1) is 6.61 Å². The van der Waals surface area contributed by atoms with E-state index < -0.39 is 0 Å². The number of thiol groups is 1. The van der Waals surface area contributed by atoms with Crippen molar-refractivity contribution in [3.8, 4) is 0 Å². The summed E-state index contributed by atoms with van der Waals surface area (Å²) in [6, 6.07) is 0. The van der Waals surface area contributed by atoms with Crippen molar-refractivity contribution in [1.82, 2.24) is 0 Å². The molecule has 1 heterocycles. The lowest BCUT2D eigenvalue weighted by Gasteiger charge is -2.32. The minimum atomic E-state index is 0.220. The molecule has 2 atom stereocenters. The molecule has 9 heavy (non-hydrogen) atoms. The minimum absolute atomic E-state index is 0.220. The zero-order valence-electron chi connectivity index (χ0n) is 5.85. The van der Waals surface area contributed by atoms with Crippen LogP contribution in [0.2, 0.25) is 0 Å². The first kappa shape index (κ1) is 7.84.